The van der Waals surface area contributed by atoms with Crippen LogP contribution in [0.3, 0.4) is 0 Å². The van der Waals surface area contributed by atoms with Crippen molar-refractivity contribution in [3.8, 4) is 28.4 Å². The molecular weight excluding hydrogens is 497 g/mol. The number of hydrogen-bond acceptors (Lipinski definition) is 6. The second kappa shape index (κ2) is 10.0. The van der Waals surface area contributed by atoms with Crippen molar-refractivity contribution in [2.24, 2.45) is 0 Å². The van der Waals surface area contributed by atoms with Crippen LogP contribution in [0.4, 0.5) is 13.2 Å². The normalized spacial score (nSPS) is 19.2. The first-order chi connectivity index (χ1) is 18.4. The standard InChI is InChI=1S/C27H29F3N6O2/c28-27(29,30)38-22-5-3-4-18(14-22)25-33-23(19-15-31-17-32-16-19)24(36(25)21-6-7-21)26(37)35-12-8-20(9-13-35)34-10-1-2-11-34/h3-5,14-17,20-21H,1-2,6-13H2. The molecule has 0 unspecified atom stereocenters. The highest BCUT2D eigenvalue weighted by atomic mass is 19.4. The van der Waals surface area contributed by atoms with Crippen molar-refractivity contribution in [3.05, 3.63) is 48.7 Å². The van der Waals surface area contributed by atoms with Gasteiger partial charge in [0, 0.05) is 48.7 Å². The fourth-order valence-corrected chi connectivity index (χ4v) is 5.67. The highest BCUT2D eigenvalue weighted by Crippen LogP contribution is 2.43. The lowest BCUT2D eigenvalue weighted by Gasteiger charge is -2.36. The second-order valence-corrected chi connectivity index (χ2v) is 10.2. The molecule has 0 spiro atoms. The summed E-state index contributed by atoms with van der Waals surface area (Å²) in [6.07, 6.45) is 5.87. The summed E-state index contributed by atoms with van der Waals surface area (Å²) < 4.78 is 44.8. The Morgan fingerprint density at radius 1 is 0.921 bits per heavy atom. The van der Waals surface area contributed by atoms with Crippen molar-refractivity contribution in [3.63, 3.8) is 0 Å². The van der Waals surface area contributed by atoms with Gasteiger partial charge in [-0.3, -0.25) is 4.79 Å². The molecule has 1 aromatic carbocycles. The molecule has 6 rings (SSSR count). The lowest BCUT2D eigenvalue weighted by atomic mass is 10.0. The first-order valence-electron chi connectivity index (χ1n) is 13.1. The summed E-state index contributed by atoms with van der Waals surface area (Å²) >= 11 is 0. The number of hydrogen-bond donors (Lipinski definition) is 0. The Morgan fingerprint density at radius 2 is 1.63 bits per heavy atom. The molecule has 2 aromatic heterocycles. The number of piperidine rings is 1. The molecule has 3 aliphatic rings. The van der Waals surface area contributed by atoms with Gasteiger partial charge in [-0.2, -0.15) is 0 Å². The van der Waals surface area contributed by atoms with Crippen molar-refractivity contribution < 1.29 is 22.7 Å². The minimum absolute atomic E-state index is 0.0455. The number of imidazole rings is 1. The lowest BCUT2D eigenvalue weighted by Crippen LogP contribution is -2.46. The van der Waals surface area contributed by atoms with Gasteiger partial charge in [0.25, 0.3) is 5.91 Å². The predicted molar refractivity (Wildman–Crippen MR) is 133 cm³/mol. The predicted octanol–water partition coefficient (Wildman–Crippen LogP) is 4.94. The number of ether oxygens (including phenoxy) is 1. The van der Waals surface area contributed by atoms with Crippen LogP contribution in [0.15, 0.2) is 43.0 Å². The van der Waals surface area contributed by atoms with E-state index in [1.165, 1.54) is 37.4 Å². The maximum atomic E-state index is 14.1. The number of alkyl halides is 3. The average molecular weight is 527 g/mol. The Morgan fingerprint density at radius 3 is 2.29 bits per heavy atom. The average Bonchev–Trinajstić information content (AvgIpc) is 3.44. The van der Waals surface area contributed by atoms with Crippen molar-refractivity contribution in [1.82, 2.24) is 29.3 Å². The number of rotatable bonds is 6. The SMILES string of the molecule is O=C(c1c(-c2cncnc2)nc(-c2cccc(OC(F)(F)F)c2)n1C1CC1)N1CCC(N2CCCC2)CC1. The van der Waals surface area contributed by atoms with Crippen molar-refractivity contribution in [1.29, 1.82) is 0 Å². The second-order valence-electron chi connectivity index (χ2n) is 10.2. The zero-order valence-corrected chi connectivity index (χ0v) is 20.9. The molecule has 0 atom stereocenters. The fourth-order valence-electron chi connectivity index (χ4n) is 5.67. The van der Waals surface area contributed by atoms with Gasteiger partial charge in [-0.05, 0) is 63.7 Å². The van der Waals surface area contributed by atoms with E-state index in [1.807, 2.05) is 9.47 Å². The Bertz CT molecular complexity index is 1290. The molecule has 8 nitrogen and oxygen atoms in total. The molecule has 0 N–H and O–H groups in total. The number of nitrogens with zero attached hydrogens (tertiary/aromatic N) is 6. The zero-order valence-electron chi connectivity index (χ0n) is 20.9. The molecule has 11 heteroatoms. The van der Waals surface area contributed by atoms with Crippen LogP contribution in [0, 0.1) is 0 Å². The van der Waals surface area contributed by atoms with Crippen molar-refractivity contribution in [2.75, 3.05) is 26.2 Å². The van der Waals surface area contributed by atoms with E-state index >= 15 is 0 Å². The quantitative estimate of drug-likeness (QED) is 0.453. The molecule has 3 fully saturated rings. The van der Waals surface area contributed by atoms with E-state index in [0.717, 1.165) is 38.8 Å². The number of carbonyl (C=O) groups is 1. The van der Waals surface area contributed by atoms with Crippen LogP contribution in [0.25, 0.3) is 22.6 Å². The van der Waals surface area contributed by atoms with Crippen molar-refractivity contribution >= 4 is 5.91 Å². The Kier molecular flexibility index (Phi) is 6.55. The third kappa shape index (κ3) is 5.11. The fraction of sp³-hybridized carbons (Fsp3) is 0.481. The maximum Gasteiger partial charge on any atom is 0.573 e. The van der Waals surface area contributed by atoms with Gasteiger partial charge in [0.2, 0.25) is 0 Å². The van der Waals surface area contributed by atoms with Crippen LogP contribution in [0.5, 0.6) is 5.75 Å². The van der Waals surface area contributed by atoms with Crippen LogP contribution < -0.4 is 4.74 Å². The van der Waals surface area contributed by atoms with Crippen LogP contribution in [0.1, 0.15) is 55.1 Å². The Hall–Kier alpha value is -3.47. The monoisotopic (exact) mass is 526 g/mol. The van der Waals surface area contributed by atoms with Crippen LogP contribution in [0.2, 0.25) is 0 Å². The number of benzene rings is 1. The lowest BCUT2D eigenvalue weighted by molar-refractivity contribution is -0.274. The number of halogens is 3. The molecule has 0 radical (unpaired) electrons. The largest absolute Gasteiger partial charge is 0.573 e. The number of likely N-dealkylation sites (tertiary alicyclic amines) is 2. The summed E-state index contributed by atoms with van der Waals surface area (Å²) in [4.78, 5) is 31.6. The smallest absolute Gasteiger partial charge is 0.406 e. The molecule has 1 aliphatic carbocycles. The third-order valence-electron chi connectivity index (χ3n) is 7.59. The first-order valence-corrected chi connectivity index (χ1v) is 13.1. The van der Waals surface area contributed by atoms with Gasteiger partial charge in [0.15, 0.2) is 0 Å². The van der Waals surface area contributed by atoms with E-state index < -0.39 is 6.36 Å². The van der Waals surface area contributed by atoms with Gasteiger partial charge >= 0.3 is 6.36 Å². The molecule has 38 heavy (non-hydrogen) atoms. The molecule has 2 saturated heterocycles. The van der Waals surface area contributed by atoms with E-state index in [0.29, 0.717) is 47.5 Å². The summed E-state index contributed by atoms with van der Waals surface area (Å²) in [7, 11) is 0. The summed E-state index contributed by atoms with van der Waals surface area (Å²) in [6, 6.07) is 6.30. The maximum absolute atomic E-state index is 14.1. The zero-order chi connectivity index (χ0) is 26.3. The summed E-state index contributed by atoms with van der Waals surface area (Å²) in [5.41, 5.74) is 1.93. The number of aromatic nitrogens is 4. The molecule has 2 aliphatic heterocycles. The molecule has 1 amide bonds. The summed E-state index contributed by atoms with van der Waals surface area (Å²) in [5, 5.41) is 0. The summed E-state index contributed by atoms with van der Waals surface area (Å²) in [5.74, 6) is -0.00634. The third-order valence-corrected chi connectivity index (χ3v) is 7.59. The molecule has 4 heterocycles. The Labute approximate surface area is 218 Å². The number of amides is 1. The Balaban J connectivity index is 1.38. The molecule has 0 bridgehead atoms. The van der Waals surface area contributed by atoms with E-state index in [1.54, 1.807) is 18.5 Å². The minimum atomic E-state index is -4.81. The van der Waals surface area contributed by atoms with Crippen molar-refractivity contribution in [2.45, 2.75) is 57.0 Å². The van der Waals surface area contributed by atoms with Crippen LogP contribution >= 0.6 is 0 Å². The van der Waals surface area contributed by atoms with Crippen LogP contribution in [-0.4, -0.2) is 73.8 Å². The van der Waals surface area contributed by atoms with E-state index in [9.17, 15) is 18.0 Å². The van der Waals surface area contributed by atoms with Gasteiger partial charge in [-0.15, -0.1) is 13.2 Å². The van der Waals surface area contributed by atoms with E-state index in [4.69, 9.17) is 4.98 Å². The molecule has 200 valence electrons. The highest BCUT2D eigenvalue weighted by Gasteiger charge is 2.38. The van der Waals surface area contributed by atoms with Gasteiger partial charge < -0.3 is 19.1 Å². The first kappa shape index (κ1) is 24.8. The highest BCUT2D eigenvalue weighted by molar-refractivity contribution is 5.99. The van der Waals surface area contributed by atoms with Gasteiger partial charge in [0.1, 0.15) is 29.3 Å². The molecule has 1 saturated carbocycles. The summed E-state index contributed by atoms with van der Waals surface area (Å²) in [6.45, 7) is 3.58. The van der Waals surface area contributed by atoms with E-state index in [-0.39, 0.29) is 17.7 Å². The topological polar surface area (TPSA) is 76.4 Å². The van der Waals surface area contributed by atoms with Gasteiger partial charge in [-0.25, -0.2) is 15.0 Å². The number of carbonyl (C=O) groups excluding carboxylic acids is 1. The van der Waals surface area contributed by atoms with E-state index in [2.05, 4.69) is 19.6 Å². The molecular formula is C27H29F3N6O2. The van der Waals surface area contributed by atoms with Gasteiger partial charge in [0.05, 0.1) is 0 Å². The van der Waals surface area contributed by atoms with Crippen LogP contribution in [-0.2, 0) is 0 Å². The van der Waals surface area contributed by atoms with Gasteiger partial charge in [-0.1, -0.05) is 12.1 Å². The molecule has 3 aromatic rings. The minimum Gasteiger partial charge on any atom is -0.406 e.